The smallest absolute Gasteiger partial charge is 0.337 e. The highest BCUT2D eigenvalue weighted by atomic mass is 35.5. The first kappa shape index (κ1) is 22.5. The van der Waals surface area contributed by atoms with Crippen LogP contribution in [0.5, 0.6) is 0 Å². The summed E-state index contributed by atoms with van der Waals surface area (Å²) in [6.45, 7) is 1.60. The molecule has 3 N–H and O–H groups in total. The number of para-hydroxylation sites is 1. The van der Waals surface area contributed by atoms with E-state index < -0.39 is 16.0 Å². The van der Waals surface area contributed by atoms with Gasteiger partial charge >= 0.3 is 5.97 Å². The summed E-state index contributed by atoms with van der Waals surface area (Å²) in [6.07, 6.45) is 2.69. The Hall–Kier alpha value is -2.72. The van der Waals surface area contributed by atoms with Crippen molar-refractivity contribution in [2.45, 2.75) is 23.8 Å². The molecule has 32 heavy (non-hydrogen) atoms. The summed E-state index contributed by atoms with van der Waals surface area (Å²) >= 11 is 6.19. The number of piperidine rings is 1. The van der Waals surface area contributed by atoms with Gasteiger partial charge in [-0.1, -0.05) is 23.7 Å². The summed E-state index contributed by atoms with van der Waals surface area (Å²) < 4.78 is 29.6. The second-order valence-corrected chi connectivity index (χ2v) is 9.95. The SMILES string of the molecule is CN1CCC(NS(=O)(=O)c2cnc3ccc(Cl)cc3c2Nc2ccccc2C(=O)O)CC1. The number of carbonyl (C=O) groups is 1. The molecule has 1 saturated heterocycles. The third kappa shape index (κ3) is 4.71. The van der Waals surface area contributed by atoms with Crippen LogP contribution in [0.15, 0.2) is 53.6 Å². The van der Waals surface area contributed by atoms with Gasteiger partial charge < -0.3 is 15.3 Å². The van der Waals surface area contributed by atoms with Crippen molar-refractivity contribution in [3.63, 3.8) is 0 Å². The minimum Gasteiger partial charge on any atom is -0.478 e. The van der Waals surface area contributed by atoms with Crippen molar-refractivity contribution in [2.75, 3.05) is 25.5 Å². The quantitative estimate of drug-likeness (QED) is 0.499. The number of anilines is 2. The highest BCUT2D eigenvalue weighted by Crippen LogP contribution is 2.34. The van der Waals surface area contributed by atoms with Crippen LogP contribution in [-0.2, 0) is 10.0 Å². The minimum atomic E-state index is -3.95. The molecule has 1 aliphatic rings. The van der Waals surface area contributed by atoms with Crippen LogP contribution < -0.4 is 10.0 Å². The second kappa shape index (κ2) is 9.03. The summed E-state index contributed by atoms with van der Waals surface area (Å²) in [7, 11) is -1.95. The Morgan fingerprint density at radius 3 is 2.62 bits per heavy atom. The number of hydrogen-bond acceptors (Lipinski definition) is 6. The van der Waals surface area contributed by atoms with Crippen LogP contribution in [-0.4, -0.2) is 55.6 Å². The van der Waals surface area contributed by atoms with Gasteiger partial charge in [0.2, 0.25) is 10.0 Å². The molecule has 4 rings (SSSR count). The molecule has 0 bridgehead atoms. The van der Waals surface area contributed by atoms with Crippen LogP contribution in [0, 0.1) is 0 Å². The molecule has 1 aliphatic heterocycles. The Kier molecular flexibility index (Phi) is 6.34. The molecule has 2 aromatic carbocycles. The van der Waals surface area contributed by atoms with E-state index in [-0.39, 0.29) is 27.9 Å². The second-order valence-electron chi connectivity index (χ2n) is 7.83. The zero-order valence-electron chi connectivity index (χ0n) is 17.4. The average molecular weight is 475 g/mol. The maximum absolute atomic E-state index is 13.4. The van der Waals surface area contributed by atoms with Crippen LogP contribution >= 0.6 is 11.6 Å². The van der Waals surface area contributed by atoms with E-state index in [2.05, 4.69) is 19.9 Å². The number of nitrogens with one attached hydrogen (secondary N) is 2. The summed E-state index contributed by atoms with van der Waals surface area (Å²) in [5.74, 6) is -1.13. The van der Waals surface area contributed by atoms with E-state index in [0.29, 0.717) is 28.8 Å². The summed E-state index contributed by atoms with van der Waals surface area (Å²) in [5.41, 5.74) is 1.05. The Morgan fingerprint density at radius 1 is 1.19 bits per heavy atom. The number of hydrogen-bond donors (Lipinski definition) is 3. The lowest BCUT2D eigenvalue weighted by Crippen LogP contribution is -2.43. The molecule has 168 valence electrons. The monoisotopic (exact) mass is 474 g/mol. The number of carboxylic acid groups (broad SMARTS) is 1. The van der Waals surface area contributed by atoms with Crippen molar-refractivity contribution in [3.05, 3.63) is 59.2 Å². The number of benzene rings is 2. The zero-order chi connectivity index (χ0) is 22.9. The van der Waals surface area contributed by atoms with E-state index in [9.17, 15) is 18.3 Å². The fraction of sp³-hybridized carbons (Fsp3) is 0.273. The largest absolute Gasteiger partial charge is 0.478 e. The number of pyridine rings is 1. The van der Waals surface area contributed by atoms with Crippen molar-refractivity contribution < 1.29 is 18.3 Å². The van der Waals surface area contributed by atoms with Gasteiger partial charge in [0.05, 0.1) is 22.5 Å². The molecule has 0 radical (unpaired) electrons. The first-order valence-electron chi connectivity index (χ1n) is 10.1. The maximum Gasteiger partial charge on any atom is 0.337 e. The minimum absolute atomic E-state index is 0.0196. The Bertz CT molecular complexity index is 1270. The topological polar surface area (TPSA) is 112 Å². The maximum atomic E-state index is 13.4. The number of carboxylic acids is 1. The van der Waals surface area contributed by atoms with Gasteiger partial charge in [-0.05, 0) is 63.3 Å². The molecule has 0 spiro atoms. The van der Waals surface area contributed by atoms with Gasteiger partial charge in [0.1, 0.15) is 4.90 Å². The molecule has 0 aliphatic carbocycles. The molecule has 2 heterocycles. The molecule has 3 aromatic rings. The van der Waals surface area contributed by atoms with E-state index in [1.807, 2.05) is 7.05 Å². The normalized spacial score (nSPS) is 15.7. The number of fused-ring (bicyclic) bond motifs is 1. The van der Waals surface area contributed by atoms with Crippen molar-refractivity contribution in [2.24, 2.45) is 0 Å². The molecule has 0 amide bonds. The number of sulfonamides is 1. The van der Waals surface area contributed by atoms with Crippen LogP contribution in [0.3, 0.4) is 0 Å². The number of likely N-dealkylation sites (tertiary alicyclic amines) is 1. The predicted molar refractivity (Wildman–Crippen MR) is 124 cm³/mol. The highest BCUT2D eigenvalue weighted by molar-refractivity contribution is 7.89. The van der Waals surface area contributed by atoms with Gasteiger partial charge in [-0.2, -0.15) is 0 Å². The third-order valence-electron chi connectivity index (χ3n) is 5.54. The third-order valence-corrected chi connectivity index (χ3v) is 7.31. The molecule has 1 aromatic heterocycles. The predicted octanol–water partition coefficient (Wildman–Crippen LogP) is 3.70. The van der Waals surface area contributed by atoms with Gasteiger partial charge in [0, 0.05) is 22.6 Å². The lowest BCUT2D eigenvalue weighted by molar-refractivity contribution is 0.0698. The summed E-state index contributed by atoms with van der Waals surface area (Å²) in [6, 6.07) is 11.1. The molecular formula is C22H23ClN4O4S. The zero-order valence-corrected chi connectivity index (χ0v) is 18.9. The Balaban J connectivity index is 1.82. The molecular weight excluding hydrogens is 452 g/mol. The standard InChI is InChI=1S/C22H23ClN4O4S/c1-27-10-8-15(9-11-27)26-32(30,31)20-13-24-18-7-6-14(23)12-17(18)21(20)25-19-5-3-2-4-16(19)22(28)29/h2-7,12-13,15,26H,8-11H2,1H3,(H,24,25)(H,28,29). The van der Waals surface area contributed by atoms with Crippen LogP contribution in [0.4, 0.5) is 11.4 Å². The Labute approximate surface area is 191 Å². The summed E-state index contributed by atoms with van der Waals surface area (Å²) in [5, 5.41) is 13.5. The molecule has 0 saturated carbocycles. The molecule has 1 fully saturated rings. The van der Waals surface area contributed by atoms with Crippen LogP contribution in [0.25, 0.3) is 10.9 Å². The fourth-order valence-corrected chi connectivity index (χ4v) is 5.40. The van der Waals surface area contributed by atoms with Crippen molar-refractivity contribution in [1.29, 1.82) is 0 Å². The van der Waals surface area contributed by atoms with Gasteiger partial charge in [-0.3, -0.25) is 4.98 Å². The van der Waals surface area contributed by atoms with Gasteiger partial charge in [-0.25, -0.2) is 17.9 Å². The van der Waals surface area contributed by atoms with Gasteiger partial charge in [-0.15, -0.1) is 0 Å². The number of rotatable bonds is 6. The van der Waals surface area contributed by atoms with E-state index in [4.69, 9.17) is 11.6 Å². The van der Waals surface area contributed by atoms with Crippen molar-refractivity contribution in [1.82, 2.24) is 14.6 Å². The first-order valence-corrected chi connectivity index (χ1v) is 12.0. The molecule has 8 nitrogen and oxygen atoms in total. The van der Waals surface area contributed by atoms with Crippen LogP contribution in [0.1, 0.15) is 23.2 Å². The van der Waals surface area contributed by atoms with Gasteiger partial charge in [0.15, 0.2) is 0 Å². The first-order chi connectivity index (χ1) is 15.2. The summed E-state index contributed by atoms with van der Waals surface area (Å²) in [4.78, 5) is 18.1. The highest BCUT2D eigenvalue weighted by Gasteiger charge is 2.27. The lowest BCUT2D eigenvalue weighted by Gasteiger charge is -2.29. The van der Waals surface area contributed by atoms with Crippen LogP contribution in [0.2, 0.25) is 5.02 Å². The lowest BCUT2D eigenvalue weighted by atomic mass is 10.1. The van der Waals surface area contributed by atoms with E-state index in [1.54, 1.807) is 36.4 Å². The Morgan fingerprint density at radius 2 is 1.91 bits per heavy atom. The number of halogens is 1. The van der Waals surface area contributed by atoms with E-state index in [1.165, 1.54) is 12.3 Å². The number of nitrogens with zero attached hydrogens (tertiary/aromatic N) is 2. The number of aromatic nitrogens is 1. The van der Waals surface area contributed by atoms with Crippen molar-refractivity contribution >= 4 is 49.9 Å². The van der Waals surface area contributed by atoms with E-state index in [0.717, 1.165) is 13.1 Å². The molecule has 0 unspecified atom stereocenters. The van der Waals surface area contributed by atoms with E-state index >= 15 is 0 Å². The number of aromatic carboxylic acids is 1. The van der Waals surface area contributed by atoms with Crippen molar-refractivity contribution in [3.8, 4) is 0 Å². The molecule has 0 atom stereocenters. The average Bonchev–Trinajstić information content (AvgIpc) is 2.75. The molecule has 10 heteroatoms. The van der Waals surface area contributed by atoms with Gasteiger partial charge in [0.25, 0.3) is 0 Å². The fourth-order valence-electron chi connectivity index (χ4n) is 3.80.